The molecule has 9 heteroatoms. The van der Waals surface area contributed by atoms with E-state index in [1.807, 2.05) is 0 Å². The van der Waals surface area contributed by atoms with Gasteiger partial charge < -0.3 is 14.5 Å². The Morgan fingerprint density at radius 1 is 0.938 bits per heavy atom. The summed E-state index contributed by atoms with van der Waals surface area (Å²) in [7, 11) is 1.56. The highest BCUT2D eigenvalue weighted by Crippen LogP contribution is 2.25. The molecule has 9 nitrogen and oxygen atoms in total. The molecular formula is C23H24N4O5. The molecule has 1 saturated heterocycles. The zero-order chi connectivity index (χ0) is 22.7. The van der Waals surface area contributed by atoms with E-state index in [1.165, 1.54) is 17.2 Å². The van der Waals surface area contributed by atoms with Crippen LogP contribution in [0.15, 0.2) is 42.7 Å². The maximum atomic E-state index is 13.0. The fraction of sp³-hybridized carbons (Fsp3) is 0.348. The second-order valence-electron chi connectivity index (χ2n) is 7.69. The van der Waals surface area contributed by atoms with Crippen molar-refractivity contribution in [1.82, 2.24) is 19.7 Å². The first-order valence-electron chi connectivity index (χ1n) is 10.5. The van der Waals surface area contributed by atoms with Crippen molar-refractivity contribution < 1.29 is 23.9 Å². The van der Waals surface area contributed by atoms with Gasteiger partial charge in [-0.2, -0.15) is 0 Å². The van der Waals surface area contributed by atoms with E-state index in [-0.39, 0.29) is 35.7 Å². The number of methoxy groups -OCH3 is 1. The van der Waals surface area contributed by atoms with Gasteiger partial charge in [-0.3, -0.25) is 29.1 Å². The summed E-state index contributed by atoms with van der Waals surface area (Å²) in [5.74, 6) is -1.06. The van der Waals surface area contributed by atoms with Gasteiger partial charge in [-0.1, -0.05) is 0 Å². The zero-order valence-electron chi connectivity index (χ0n) is 17.8. The van der Waals surface area contributed by atoms with E-state index >= 15 is 0 Å². The number of ether oxygens (including phenoxy) is 1. The lowest BCUT2D eigenvalue weighted by Crippen LogP contribution is -2.50. The van der Waals surface area contributed by atoms with Crippen LogP contribution >= 0.6 is 0 Å². The monoisotopic (exact) mass is 436 g/mol. The minimum absolute atomic E-state index is 0.111. The minimum Gasteiger partial charge on any atom is -0.385 e. The molecule has 166 valence electrons. The lowest BCUT2D eigenvalue weighted by Gasteiger charge is -2.34. The molecule has 4 rings (SSSR count). The number of carbonyl (C=O) groups is 4. The fourth-order valence-electron chi connectivity index (χ4n) is 3.96. The molecule has 0 unspecified atom stereocenters. The summed E-state index contributed by atoms with van der Waals surface area (Å²) in [6, 6.07) is 8.06. The van der Waals surface area contributed by atoms with Gasteiger partial charge in [0.25, 0.3) is 23.6 Å². The summed E-state index contributed by atoms with van der Waals surface area (Å²) in [5.41, 5.74) is 1.44. The fourth-order valence-corrected chi connectivity index (χ4v) is 3.96. The van der Waals surface area contributed by atoms with Crippen LogP contribution < -0.4 is 0 Å². The molecule has 1 aromatic carbocycles. The first kappa shape index (κ1) is 21.6. The highest BCUT2D eigenvalue weighted by atomic mass is 16.5. The maximum Gasteiger partial charge on any atom is 0.261 e. The normalized spacial score (nSPS) is 15.8. The van der Waals surface area contributed by atoms with Gasteiger partial charge in [0, 0.05) is 64.4 Å². The van der Waals surface area contributed by atoms with Crippen LogP contribution in [0.5, 0.6) is 0 Å². The highest BCUT2D eigenvalue weighted by Gasteiger charge is 2.36. The summed E-state index contributed by atoms with van der Waals surface area (Å²) >= 11 is 0. The molecule has 2 aliphatic heterocycles. The molecule has 0 bridgehead atoms. The first-order chi connectivity index (χ1) is 15.5. The Balaban J connectivity index is 1.41. The van der Waals surface area contributed by atoms with Gasteiger partial charge in [0.1, 0.15) is 0 Å². The molecule has 3 heterocycles. The smallest absolute Gasteiger partial charge is 0.261 e. The minimum atomic E-state index is -0.386. The topological polar surface area (TPSA) is 100 Å². The number of piperazine rings is 1. The number of nitrogens with zero attached hydrogens (tertiary/aromatic N) is 4. The number of rotatable bonds is 6. The van der Waals surface area contributed by atoms with Crippen molar-refractivity contribution in [2.75, 3.05) is 46.4 Å². The van der Waals surface area contributed by atoms with Crippen LogP contribution in [0.25, 0.3) is 0 Å². The largest absolute Gasteiger partial charge is 0.385 e. The molecule has 0 spiro atoms. The molecule has 0 radical (unpaired) electrons. The molecule has 0 aliphatic carbocycles. The summed E-state index contributed by atoms with van der Waals surface area (Å²) in [6.07, 6.45) is 3.69. The Hall–Kier alpha value is -3.59. The second kappa shape index (κ2) is 9.27. The molecule has 32 heavy (non-hydrogen) atoms. The van der Waals surface area contributed by atoms with Crippen molar-refractivity contribution in [1.29, 1.82) is 0 Å². The van der Waals surface area contributed by atoms with Crippen LogP contribution in [0.2, 0.25) is 0 Å². The van der Waals surface area contributed by atoms with Crippen molar-refractivity contribution in [3.8, 4) is 0 Å². The molecule has 0 saturated carbocycles. The molecule has 2 aromatic rings. The molecule has 0 N–H and O–H groups in total. The third-order valence-corrected chi connectivity index (χ3v) is 5.71. The Morgan fingerprint density at radius 3 is 2.22 bits per heavy atom. The number of hydrogen-bond acceptors (Lipinski definition) is 6. The van der Waals surface area contributed by atoms with Gasteiger partial charge >= 0.3 is 0 Å². The van der Waals surface area contributed by atoms with E-state index in [1.54, 1.807) is 47.4 Å². The summed E-state index contributed by atoms with van der Waals surface area (Å²) in [6.45, 7) is 2.32. The van der Waals surface area contributed by atoms with Gasteiger partial charge in [-0.05, 0) is 36.8 Å². The second-order valence-corrected chi connectivity index (χ2v) is 7.69. The van der Waals surface area contributed by atoms with Crippen molar-refractivity contribution >= 4 is 23.6 Å². The predicted molar refractivity (Wildman–Crippen MR) is 114 cm³/mol. The number of aromatic nitrogens is 1. The average molecular weight is 436 g/mol. The average Bonchev–Trinajstić information content (AvgIpc) is 3.08. The van der Waals surface area contributed by atoms with E-state index in [4.69, 9.17) is 4.74 Å². The quantitative estimate of drug-likeness (QED) is 0.500. The van der Waals surface area contributed by atoms with Gasteiger partial charge in [-0.15, -0.1) is 0 Å². The number of benzene rings is 1. The van der Waals surface area contributed by atoms with Crippen LogP contribution in [0, 0.1) is 0 Å². The van der Waals surface area contributed by atoms with Gasteiger partial charge in [0.05, 0.1) is 16.7 Å². The van der Waals surface area contributed by atoms with Crippen LogP contribution in [-0.2, 0) is 4.74 Å². The summed E-state index contributed by atoms with van der Waals surface area (Å²) in [5, 5.41) is 0. The predicted octanol–water partition coefficient (Wildman–Crippen LogP) is 1.31. The van der Waals surface area contributed by atoms with Crippen molar-refractivity contribution in [3.63, 3.8) is 0 Å². The Morgan fingerprint density at radius 2 is 1.59 bits per heavy atom. The van der Waals surface area contributed by atoms with Crippen LogP contribution in [0.1, 0.15) is 47.9 Å². The van der Waals surface area contributed by atoms with Crippen molar-refractivity contribution in [3.05, 3.63) is 65.0 Å². The standard InChI is InChI=1S/C23H24N4O5/c1-32-13-3-8-27-22(30)18-6-5-16(14-19(18)23(27)31)20(28)25-9-11-26(12-10-25)21(29)17-4-2-7-24-15-17/h2,4-7,14-15H,3,8-13H2,1H3. The van der Waals surface area contributed by atoms with Gasteiger partial charge in [-0.25, -0.2) is 0 Å². The SMILES string of the molecule is COCCCN1C(=O)c2ccc(C(=O)N3CCN(C(=O)c4cccnc4)CC3)cc2C1=O. The number of amides is 4. The third-order valence-electron chi connectivity index (χ3n) is 5.71. The Bertz CT molecular complexity index is 1050. The number of imide groups is 1. The van der Waals surface area contributed by atoms with E-state index < -0.39 is 0 Å². The van der Waals surface area contributed by atoms with Gasteiger partial charge in [0.2, 0.25) is 0 Å². The lowest BCUT2D eigenvalue weighted by atomic mass is 10.0. The summed E-state index contributed by atoms with van der Waals surface area (Å²) in [4.78, 5) is 59.3. The van der Waals surface area contributed by atoms with Crippen LogP contribution in [0.4, 0.5) is 0 Å². The molecule has 4 amide bonds. The molecule has 0 atom stereocenters. The van der Waals surface area contributed by atoms with Crippen molar-refractivity contribution in [2.45, 2.75) is 6.42 Å². The molecular weight excluding hydrogens is 412 g/mol. The lowest BCUT2D eigenvalue weighted by molar-refractivity contribution is 0.0535. The van der Waals surface area contributed by atoms with E-state index in [0.717, 1.165) is 0 Å². The number of hydrogen-bond donors (Lipinski definition) is 0. The van der Waals surface area contributed by atoms with Crippen LogP contribution in [-0.4, -0.2) is 89.8 Å². The number of carbonyl (C=O) groups excluding carboxylic acids is 4. The van der Waals surface area contributed by atoms with E-state index in [0.29, 0.717) is 55.9 Å². The Labute approximate surface area is 185 Å². The van der Waals surface area contributed by atoms with E-state index in [2.05, 4.69) is 4.98 Å². The maximum absolute atomic E-state index is 13.0. The molecule has 1 fully saturated rings. The molecule has 1 aromatic heterocycles. The van der Waals surface area contributed by atoms with Crippen LogP contribution in [0.3, 0.4) is 0 Å². The Kier molecular flexibility index (Phi) is 6.27. The molecule has 2 aliphatic rings. The number of fused-ring (bicyclic) bond motifs is 1. The highest BCUT2D eigenvalue weighted by molar-refractivity contribution is 6.22. The third kappa shape index (κ3) is 4.11. The van der Waals surface area contributed by atoms with Crippen molar-refractivity contribution in [2.24, 2.45) is 0 Å². The van der Waals surface area contributed by atoms with E-state index in [9.17, 15) is 19.2 Å². The summed E-state index contributed by atoms with van der Waals surface area (Å²) < 4.78 is 4.99. The first-order valence-corrected chi connectivity index (χ1v) is 10.5. The van der Waals surface area contributed by atoms with Gasteiger partial charge in [0.15, 0.2) is 0 Å². The zero-order valence-corrected chi connectivity index (χ0v) is 17.8. The number of pyridine rings is 1.